The Balaban J connectivity index is 1.44. The van der Waals surface area contributed by atoms with E-state index in [-0.39, 0.29) is 18.4 Å². The number of anilines is 1. The first kappa shape index (κ1) is 20.5. The summed E-state index contributed by atoms with van der Waals surface area (Å²) >= 11 is 3.33. The van der Waals surface area contributed by atoms with Gasteiger partial charge in [-0.3, -0.25) is 14.5 Å². The van der Waals surface area contributed by atoms with Crippen LogP contribution in [0, 0.1) is 0 Å². The maximum atomic E-state index is 12.1. The van der Waals surface area contributed by atoms with Crippen molar-refractivity contribution in [2.45, 2.75) is 6.54 Å². The lowest BCUT2D eigenvalue weighted by atomic mass is 10.2. The summed E-state index contributed by atoms with van der Waals surface area (Å²) in [5.41, 5.74) is 2.46. The number of hydrogen-bond acceptors (Lipinski definition) is 4. The van der Waals surface area contributed by atoms with Gasteiger partial charge in [0.15, 0.2) is 0 Å². The Morgan fingerprint density at radius 1 is 1.04 bits per heavy atom. The van der Waals surface area contributed by atoms with Crippen LogP contribution >= 0.6 is 15.9 Å². The summed E-state index contributed by atoms with van der Waals surface area (Å²) in [4.78, 5) is 29.0. The van der Waals surface area contributed by atoms with E-state index in [2.05, 4.69) is 43.4 Å². The van der Waals surface area contributed by atoms with E-state index in [4.69, 9.17) is 0 Å². The van der Waals surface area contributed by atoms with E-state index >= 15 is 0 Å². The second-order valence-corrected chi connectivity index (χ2v) is 7.93. The summed E-state index contributed by atoms with van der Waals surface area (Å²) in [6.07, 6.45) is 0. The molecule has 0 bridgehead atoms. The molecule has 0 spiro atoms. The number of benzene rings is 2. The highest BCUT2D eigenvalue weighted by atomic mass is 79.9. The number of nitrogens with one attached hydrogen (secondary N) is 2. The average molecular weight is 445 g/mol. The maximum absolute atomic E-state index is 12.1. The lowest BCUT2D eigenvalue weighted by Gasteiger charge is -2.32. The molecule has 0 aromatic heterocycles. The number of halogens is 1. The molecule has 1 aliphatic heterocycles. The molecule has 2 amide bonds. The minimum Gasteiger partial charge on any atom is -0.343 e. The van der Waals surface area contributed by atoms with Crippen molar-refractivity contribution < 1.29 is 9.59 Å². The van der Waals surface area contributed by atoms with Gasteiger partial charge in [-0.25, -0.2) is 0 Å². The molecule has 3 rings (SSSR count). The van der Waals surface area contributed by atoms with Crippen LogP contribution in [0.1, 0.15) is 15.9 Å². The van der Waals surface area contributed by atoms with E-state index in [9.17, 15) is 9.59 Å². The van der Waals surface area contributed by atoms with Crippen LogP contribution in [0.5, 0.6) is 0 Å². The minimum atomic E-state index is -0.279. The topological polar surface area (TPSA) is 64.7 Å². The van der Waals surface area contributed by atoms with Crippen LogP contribution in [0.4, 0.5) is 5.69 Å². The van der Waals surface area contributed by atoms with E-state index < -0.39 is 0 Å². The molecule has 148 valence electrons. The van der Waals surface area contributed by atoms with Gasteiger partial charge in [0.1, 0.15) is 0 Å². The fourth-order valence-electron chi connectivity index (χ4n) is 3.06. The van der Waals surface area contributed by atoms with E-state index in [0.29, 0.717) is 5.56 Å². The molecule has 2 aromatic rings. The van der Waals surface area contributed by atoms with Crippen molar-refractivity contribution in [3.05, 3.63) is 64.1 Å². The molecule has 1 heterocycles. The van der Waals surface area contributed by atoms with Crippen molar-refractivity contribution in [2.24, 2.45) is 0 Å². The average Bonchev–Trinajstić information content (AvgIpc) is 2.69. The fraction of sp³-hybridized carbons (Fsp3) is 0.333. The van der Waals surface area contributed by atoms with Gasteiger partial charge in [0, 0.05) is 48.4 Å². The number of carbonyl (C=O) groups excluding carboxylic acids is 2. The van der Waals surface area contributed by atoms with Crippen LogP contribution in [-0.2, 0) is 11.3 Å². The first-order valence-corrected chi connectivity index (χ1v) is 10.1. The Morgan fingerprint density at radius 3 is 2.43 bits per heavy atom. The molecule has 1 saturated heterocycles. The molecule has 0 unspecified atom stereocenters. The summed E-state index contributed by atoms with van der Waals surface area (Å²) in [7, 11) is 2.15. The summed E-state index contributed by atoms with van der Waals surface area (Å²) in [5.74, 6) is -0.533. The molecule has 7 heteroatoms. The molecule has 0 aliphatic carbocycles. The van der Waals surface area contributed by atoms with Gasteiger partial charge in [0.2, 0.25) is 5.91 Å². The molecular weight excluding hydrogens is 420 g/mol. The van der Waals surface area contributed by atoms with Crippen molar-refractivity contribution in [1.82, 2.24) is 15.1 Å². The SMILES string of the molecule is CN1CCN(Cc2ccc(NC(=O)CNC(=O)c3cccc(Br)c3)cc2)CC1. The van der Waals surface area contributed by atoms with Gasteiger partial charge in [-0.1, -0.05) is 34.1 Å². The minimum absolute atomic E-state index is 0.0750. The first-order valence-electron chi connectivity index (χ1n) is 9.33. The van der Waals surface area contributed by atoms with Gasteiger partial charge in [-0.2, -0.15) is 0 Å². The molecule has 1 fully saturated rings. The standard InChI is InChI=1S/C21H25BrN4O2/c1-25-9-11-26(12-10-25)15-16-5-7-19(8-6-16)24-20(27)14-23-21(28)17-3-2-4-18(22)13-17/h2-8,13H,9-12,14-15H2,1H3,(H,23,28)(H,24,27). The van der Waals surface area contributed by atoms with Gasteiger partial charge >= 0.3 is 0 Å². The Bertz CT molecular complexity index is 817. The highest BCUT2D eigenvalue weighted by Crippen LogP contribution is 2.13. The van der Waals surface area contributed by atoms with Gasteiger partial charge in [-0.05, 0) is 42.9 Å². The molecule has 2 N–H and O–H groups in total. The largest absolute Gasteiger partial charge is 0.343 e. The smallest absolute Gasteiger partial charge is 0.251 e. The molecule has 0 saturated carbocycles. The molecule has 2 aromatic carbocycles. The number of amides is 2. The number of hydrogen-bond donors (Lipinski definition) is 2. The van der Waals surface area contributed by atoms with Crippen LogP contribution in [-0.4, -0.2) is 61.4 Å². The Morgan fingerprint density at radius 2 is 1.75 bits per heavy atom. The van der Waals surface area contributed by atoms with Crippen molar-refractivity contribution in [3.8, 4) is 0 Å². The van der Waals surface area contributed by atoms with Gasteiger partial charge in [0.05, 0.1) is 6.54 Å². The number of rotatable bonds is 6. The fourth-order valence-corrected chi connectivity index (χ4v) is 3.45. The zero-order chi connectivity index (χ0) is 19.9. The quantitative estimate of drug-likeness (QED) is 0.718. The van der Waals surface area contributed by atoms with Crippen molar-refractivity contribution in [1.29, 1.82) is 0 Å². The molecule has 28 heavy (non-hydrogen) atoms. The Hall–Kier alpha value is -2.22. The summed E-state index contributed by atoms with van der Waals surface area (Å²) in [6.45, 7) is 5.19. The van der Waals surface area contributed by atoms with E-state index in [0.717, 1.165) is 42.9 Å². The van der Waals surface area contributed by atoms with Crippen molar-refractivity contribution in [2.75, 3.05) is 45.1 Å². The highest BCUT2D eigenvalue weighted by molar-refractivity contribution is 9.10. The molecule has 0 atom stereocenters. The van der Waals surface area contributed by atoms with Crippen LogP contribution in [0.25, 0.3) is 0 Å². The number of nitrogens with zero attached hydrogens (tertiary/aromatic N) is 2. The van der Waals surface area contributed by atoms with Crippen molar-refractivity contribution in [3.63, 3.8) is 0 Å². The predicted molar refractivity (Wildman–Crippen MR) is 114 cm³/mol. The zero-order valence-corrected chi connectivity index (χ0v) is 17.5. The van der Waals surface area contributed by atoms with Crippen LogP contribution in [0.3, 0.4) is 0 Å². The van der Waals surface area contributed by atoms with Crippen LogP contribution in [0.2, 0.25) is 0 Å². The summed E-state index contributed by atoms with van der Waals surface area (Å²) in [5, 5.41) is 5.45. The lowest BCUT2D eigenvalue weighted by molar-refractivity contribution is -0.115. The maximum Gasteiger partial charge on any atom is 0.251 e. The number of piperazine rings is 1. The molecular formula is C21H25BrN4O2. The number of carbonyl (C=O) groups is 2. The third-order valence-electron chi connectivity index (χ3n) is 4.74. The molecule has 1 aliphatic rings. The first-order chi connectivity index (χ1) is 13.5. The second-order valence-electron chi connectivity index (χ2n) is 7.02. The van der Waals surface area contributed by atoms with E-state index in [1.807, 2.05) is 30.3 Å². The number of likely N-dealkylation sites (N-methyl/N-ethyl adjacent to an activating group) is 1. The third kappa shape index (κ3) is 6.15. The van der Waals surface area contributed by atoms with E-state index in [1.54, 1.807) is 18.2 Å². The summed E-state index contributed by atoms with van der Waals surface area (Å²) < 4.78 is 0.821. The Labute approximate surface area is 174 Å². The normalized spacial score (nSPS) is 15.2. The monoisotopic (exact) mass is 444 g/mol. The second kappa shape index (κ2) is 9.82. The van der Waals surface area contributed by atoms with Gasteiger partial charge < -0.3 is 15.5 Å². The lowest BCUT2D eigenvalue weighted by Crippen LogP contribution is -2.43. The predicted octanol–water partition coefficient (Wildman–Crippen LogP) is 2.57. The van der Waals surface area contributed by atoms with Crippen LogP contribution < -0.4 is 10.6 Å². The van der Waals surface area contributed by atoms with Gasteiger partial charge in [-0.15, -0.1) is 0 Å². The van der Waals surface area contributed by atoms with Crippen LogP contribution in [0.15, 0.2) is 53.0 Å². The highest BCUT2D eigenvalue weighted by Gasteiger charge is 2.14. The zero-order valence-electron chi connectivity index (χ0n) is 16.0. The van der Waals surface area contributed by atoms with Gasteiger partial charge in [0.25, 0.3) is 5.91 Å². The summed E-state index contributed by atoms with van der Waals surface area (Å²) in [6, 6.07) is 14.9. The molecule has 6 nitrogen and oxygen atoms in total. The Kier molecular flexibility index (Phi) is 7.19. The van der Waals surface area contributed by atoms with Crippen molar-refractivity contribution >= 4 is 33.4 Å². The van der Waals surface area contributed by atoms with E-state index in [1.165, 1.54) is 5.56 Å². The third-order valence-corrected chi connectivity index (χ3v) is 5.23. The molecule has 0 radical (unpaired) electrons.